The minimum absolute atomic E-state index is 0.622. The van der Waals surface area contributed by atoms with Crippen molar-refractivity contribution in [2.24, 2.45) is 5.41 Å². The first-order chi connectivity index (χ1) is 11.8. The minimum atomic E-state index is 0.622. The Balaban J connectivity index is 1.25. The van der Waals surface area contributed by atoms with Gasteiger partial charge < -0.3 is 0 Å². The summed E-state index contributed by atoms with van der Waals surface area (Å²) in [6.07, 6.45) is 9.39. The first kappa shape index (κ1) is 16.2. The van der Waals surface area contributed by atoms with Crippen LogP contribution in [0.3, 0.4) is 0 Å². The summed E-state index contributed by atoms with van der Waals surface area (Å²) in [6.45, 7) is 7.27. The second-order valence-corrected chi connectivity index (χ2v) is 8.53. The Morgan fingerprint density at radius 1 is 0.917 bits per heavy atom. The van der Waals surface area contributed by atoms with Gasteiger partial charge in [-0.1, -0.05) is 12.1 Å². The molecule has 0 amide bonds. The van der Waals surface area contributed by atoms with Crippen LogP contribution in [0.4, 0.5) is 0 Å². The Morgan fingerprint density at radius 3 is 2.21 bits per heavy atom. The standard InChI is InChI=1S/C20H27N3S/c1-3-18(15-21-9-1)16-22-10-5-20(6-11-22)7-12-23(13-8-20)17-19-4-2-14-24-19/h1-4,9,14-15H,5-8,10-13,16-17H2. The second kappa shape index (κ2) is 7.34. The molecule has 2 aliphatic heterocycles. The molecule has 0 atom stereocenters. The van der Waals surface area contributed by atoms with Crippen molar-refractivity contribution in [2.75, 3.05) is 26.2 Å². The van der Waals surface area contributed by atoms with E-state index >= 15 is 0 Å². The lowest BCUT2D eigenvalue weighted by Gasteiger charge is -2.47. The molecule has 0 N–H and O–H groups in total. The van der Waals surface area contributed by atoms with E-state index in [1.807, 2.05) is 29.8 Å². The van der Waals surface area contributed by atoms with Crippen LogP contribution in [-0.4, -0.2) is 41.0 Å². The maximum Gasteiger partial charge on any atom is 0.0327 e. The number of rotatable bonds is 4. The Kier molecular flexibility index (Phi) is 4.97. The fourth-order valence-corrected chi connectivity index (χ4v) is 4.99. The number of likely N-dealkylation sites (tertiary alicyclic amines) is 2. The van der Waals surface area contributed by atoms with Crippen LogP contribution in [0.1, 0.15) is 36.1 Å². The van der Waals surface area contributed by atoms with Crippen molar-refractivity contribution in [3.63, 3.8) is 0 Å². The van der Waals surface area contributed by atoms with E-state index in [9.17, 15) is 0 Å². The fraction of sp³-hybridized carbons (Fsp3) is 0.550. The van der Waals surface area contributed by atoms with Crippen molar-refractivity contribution < 1.29 is 0 Å². The summed E-state index contributed by atoms with van der Waals surface area (Å²) in [5.74, 6) is 0. The number of thiophene rings is 1. The van der Waals surface area contributed by atoms with Gasteiger partial charge >= 0.3 is 0 Å². The lowest BCUT2D eigenvalue weighted by atomic mass is 9.71. The molecule has 2 aliphatic rings. The molecule has 0 aliphatic carbocycles. The maximum absolute atomic E-state index is 4.24. The number of hydrogen-bond acceptors (Lipinski definition) is 4. The van der Waals surface area contributed by atoms with Gasteiger partial charge in [0.1, 0.15) is 0 Å². The maximum atomic E-state index is 4.24. The number of pyridine rings is 1. The van der Waals surface area contributed by atoms with Gasteiger partial charge in [0.2, 0.25) is 0 Å². The molecule has 0 saturated carbocycles. The number of piperidine rings is 2. The molecule has 0 bridgehead atoms. The average Bonchev–Trinajstić information content (AvgIpc) is 3.13. The Hall–Kier alpha value is -1.23. The number of aromatic nitrogens is 1. The first-order valence-electron chi connectivity index (χ1n) is 9.17. The van der Waals surface area contributed by atoms with Crippen molar-refractivity contribution in [1.82, 2.24) is 14.8 Å². The molecular formula is C20H27N3S. The summed E-state index contributed by atoms with van der Waals surface area (Å²) in [4.78, 5) is 11.0. The quantitative estimate of drug-likeness (QED) is 0.837. The van der Waals surface area contributed by atoms with Crippen LogP contribution in [0, 0.1) is 5.41 Å². The van der Waals surface area contributed by atoms with E-state index in [1.165, 1.54) is 62.3 Å². The van der Waals surface area contributed by atoms with Gasteiger partial charge in [-0.2, -0.15) is 0 Å². The zero-order chi connectivity index (χ0) is 16.2. The van der Waals surface area contributed by atoms with E-state index in [0.29, 0.717) is 5.41 Å². The monoisotopic (exact) mass is 341 g/mol. The van der Waals surface area contributed by atoms with Crippen molar-refractivity contribution in [1.29, 1.82) is 0 Å². The van der Waals surface area contributed by atoms with Crippen LogP contribution in [-0.2, 0) is 13.1 Å². The van der Waals surface area contributed by atoms with E-state index in [1.54, 1.807) is 0 Å². The molecule has 2 saturated heterocycles. The van der Waals surface area contributed by atoms with E-state index in [0.717, 1.165) is 13.1 Å². The predicted octanol–water partition coefficient (Wildman–Crippen LogP) is 4.02. The SMILES string of the molecule is c1cncc(CN2CCC3(CC2)CCN(Cc2cccs2)CC3)c1. The smallest absolute Gasteiger partial charge is 0.0327 e. The van der Waals surface area contributed by atoms with Gasteiger partial charge in [-0.3, -0.25) is 14.8 Å². The van der Waals surface area contributed by atoms with Gasteiger partial charge in [0.25, 0.3) is 0 Å². The molecule has 4 heterocycles. The summed E-state index contributed by atoms with van der Waals surface area (Å²) in [5.41, 5.74) is 1.97. The lowest BCUT2D eigenvalue weighted by molar-refractivity contribution is 0.0302. The molecule has 0 aromatic carbocycles. The number of nitrogens with zero attached hydrogens (tertiary/aromatic N) is 3. The molecule has 24 heavy (non-hydrogen) atoms. The normalized spacial score (nSPS) is 22.0. The molecule has 2 aromatic heterocycles. The summed E-state index contributed by atoms with van der Waals surface area (Å²) in [5, 5.41) is 2.19. The zero-order valence-electron chi connectivity index (χ0n) is 14.4. The van der Waals surface area contributed by atoms with Gasteiger partial charge in [-0.25, -0.2) is 0 Å². The fourth-order valence-electron chi connectivity index (χ4n) is 4.24. The van der Waals surface area contributed by atoms with Gasteiger partial charge in [-0.05, 0) is 80.4 Å². The van der Waals surface area contributed by atoms with Crippen LogP contribution in [0.15, 0.2) is 42.0 Å². The molecular weight excluding hydrogens is 314 g/mol. The van der Waals surface area contributed by atoms with Crippen LogP contribution in [0.2, 0.25) is 0 Å². The molecule has 128 valence electrons. The lowest BCUT2D eigenvalue weighted by Crippen LogP contribution is -2.46. The highest BCUT2D eigenvalue weighted by molar-refractivity contribution is 7.09. The van der Waals surface area contributed by atoms with Crippen LogP contribution in [0.25, 0.3) is 0 Å². The summed E-state index contributed by atoms with van der Waals surface area (Å²) < 4.78 is 0. The third kappa shape index (κ3) is 3.88. The summed E-state index contributed by atoms with van der Waals surface area (Å²) in [6, 6.07) is 8.68. The molecule has 0 unspecified atom stereocenters. The molecule has 1 spiro atoms. The largest absolute Gasteiger partial charge is 0.299 e. The predicted molar refractivity (Wildman–Crippen MR) is 100 cm³/mol. The average molecular weight is 342 g/mol. The highest BCUT2D eigenvalue weighted by Crippen LogP contribution is 2.41. The van der Waals surface area contributed by atoms with Gasteiger partial charge in [0, 0.05) is 30.4 Å². The zero-order valence-corrected chi connectivity index (χ0v) is 15.2. The third-order valence-electron chi connectivity index (χ3n) is 5.92. The van der Waals surface area contributed by atoms with Crippen molar-refractivity contribution in [3.8, 4) is 0 Å². The third-order valence-corrected chi connectivity index (χ3v) is 6.78. The van der Waals surface area contributed by atoms with E-state index in [-0.39, 0.29) is 0 Å². The van der Waals surface area contributed by atoms with Gasteiger partial charge in [-0.15, -0.1) is 11.3 Å². The molecule has 4 rings (SSSR count). The summed E-state index contributed by atoms with van der Waals surface area (Å²) >= 11 is 1.89. The highest BCUT2D eigenvalue weighted by Gasteiger charge is 2.37. The summed E-state index contributed by atoms with van der Waals surface area (Å²) in [7, 11) is 0. The topological polar surface area (TPSA) is 19.4 Å². The van der Waals surface area contributed by atoms with Gasteiger partial charge in [0.05, 0.1) is 0 Å². The van der Waals surface area contributed by atoms with Crippen LogP contribution >= 0.6 is 11.3 Å². The Morgan fingerprint density at radius 2 is 1.62 bits per heavy atom. The van der Waals surface area contributed by atoms with Crippen LogP contribution < -0.4 is 0 Å². The second-order valence-electron chi connectivity index (χ2n) is 7.49. The van der Waals surface area contributed by atoms with E-state index in [2.05, 4.69) is 38.4 Å². The molecule has 4 heteroatoms. The molecule has 2 aromatic rings. The van der Waals surface area contributed by atoms with Crippen molar-refractivity contribution >= 4 is 11.3 Å². The first-order valence-corrected chi connectivity index (χ1v) is 10.1. The van der Waals surface area contributed by atoms with Crippen molar-refractivity contribution in [2.45, 2.75) is 38.8 Å². The Bertz CT molecular complexity index is 608. The highest BCUT2D eigenvalue weighted by atomic mass is 32.1. The molecule has 0 radical (unpaired) electrons. The van der Waals surface area contributed by atoms with E-state index < -0.39 is 0 Å². The van der Waals surface area contributed by atoms with E-state index in [4.69, 9.17) is 0 Å². The number of hydrogen-bond donors (Lipinski definition) is 0. The minimum Gasteiger partial charge on any atom is -0.299 e. The molecule has 3 nitrogen and oxygen atoms in total. The van der Waals surface area contributed by atoms with Crippen LogP contribution in [0.5, 0.6) is 0 Å². The van der Waals surface area contributed by atoms with Gasteiger partial charge in [0.15, 0.2) is 0 Å². The van der Waals surface area contributed by atoms with Crippen molar-refractivity contribution in [3.05, 3.63) is 52.5 Å². The Labute approximate surface area is 149 Å². The molecule has 2 fully saturated rings.